The van der Waals surface area contributed by atoms with Gasteiger partial charge in [-0.15, -0.1) is 0 Å². The van der Waals surface area contributed by atoms with E-state index in [9.17, 15) is 9.18 Å². The van der Waals surface area contributed by atoms with Crippen molar-refractivity contribution in [3.8, 4) is 5.75 Å². The Morgan fingerprint density at radius 2 is 2.20 bits per heavy atom. The molecule has 0 aliphatic rings. The molecule has 0 saturated carbocycles. The van der Waals surface area contributed by atoms with Gasteiger partial charge in [-0.25, -0.2) is 4.39 Å². The number of hydrogen-bond donors (Lipinski definition) is 1. The molecule has 0 aliphatic heterocycles. The molecule has 1 aromatic carbocycles. The predicted octanol–water partition coefficient (Wildman–Crippen LogP) is 3.77. The van der Waals surface area contributed by atoms with Crippen LogP contribution >= 0.6 is 15.9 Å². The molecule has 0 fully saturated rings. The van der Waals surface area contributed by atoms with Crippen molar-refractivity contribution in [3.05, 3.63) is 29.6 Å². The largest absolute Gasteiger partial charge is 0.496 e. The minimum atomic E-state index is -0.561. The van der Waals surface area contributed by atoms with Crippen LogP contribution in [0.15, 0.2) is 18.2 Å². The molecule has 0 aromatic heterocycles. The Hall–Kier alpha value is -1.10. The van der Waals surface area contributed by atoms with Crippen LogP contribution in [0, 0.1) is 11.7 Å². The second-order valence-electron chi connectivity index (χ2n) is 4.66. The highest BCUT2D eigenvalue weighted by Crippen LogP contribution is 2.21. The van der Waals surface area contributed by atoms with E-state index in [-0.39, 0.29) is 11.3 Å². The zero-order valence-electron chi connectivity index (χ0n) is 11.9. The highest BCUT2D eigenvalue weighted by Gasteiger charge is 2.18. The third-order valence-electron chi connectivity index (χ3n) is 3.19. The number of benzene rings is 1. The number of ether oxygens (including phenoxy) is 1. The van der Waals surface area contributed by atoms with Gasteiger partial charge in [-0.3, -0.25) is 4.79 Å². The summed E-state index contributed by atoms with van der Waals surface area (Å²) in [4.78, 5) is 12.1. The Morgan fingerprint density at radius 3 is 2.80 bits per heavy atom. The summed E-state index contributed by atoms with van der Waals surface area (Å²) in [6.45, 7) is 2.67. The van der Waals surface area contributed by atoms with E-state index in [1.807, 2.05) is 0 Å². The Labute approximate surface area is 128 Å². The number of methoxy groups -OCH3 is 1. The lowest BCUT2D eigenvalue weighted by Crippen LogP contribution is -2.30. The summed E-state index contributed by atoms with van der Waals surface area (Å²) in [7, 11) is 1.43. The monoisotopic (exact) mass is 345 g/mol. The first-order chi connectivity index (χ1) is 9.63. The fraction of sp³-hybridized carbons (Fsp3) is 0.533. The van der Waals surface area contributed by atoms with Crippen LogP contribution in [-0.2, 0) is 0 Å². The number of amides is 1. The number of halogens is 2. The average molecular weight is 346 g/mol. The van der Waals surface area contributed by atoms with Crippen LogP contribution in [0.4, 0.5) is 4.39 Å². The molecular weight excluding hydrogens is 325 g/mol. The minimum absolute atomic E-state index is 0.0240. The molecule has 1 N–H and O–H groups in total. The first-order valence-corrected chi connectivity index (χ1v) is 7.92. The van der Waals surface area contributed by atoms with Gasteiger partial charge in [0.25, 0.3) is 5.91 Å². The smallest absolute Gasteiger partial charge is 0.258 e. The van der Waals surface area contributed by atoms with Gasteiger partial charge in [-0.2, -0.15) is 0 Å². The summed E-state index contributed by atoms with van der Waals surface area (Å²) in [6, 6.07) is 4.37. The van der Waals surface area contributed by atoms with E-state index in [4.69, 9.17) is 4.74 Å². The molecule has 20 heavy (non-hydrogen) atoms. The van der Waals surface area contributed by atoms with E-state index in [1.54, 1.807) is 6.07 Å². The molecular formula is C15H21BrFNO2. The van der Waals surface area contributed by atoms with E-state index in [0.717, 1.165) is 24.6 Å². The zero-order valence-corrected chi connectivity index (χ0v) is 13.5. The lowest BCUT2D eigenvalue weighted by molar-refractivity contribution is 0.0938. The molecule has 1 amide bonds. The van der Waals surface area contributed by atoms with Gasteiger partial charge in [0, 0.05) is 11.9 Å². The van der Waals surface area contributed by atoms with Gasteiger partial charge in [-0.05, 0) is 30.9 Å². The minimum Gasteiger partial charge on any atom is -0.496 e. The van der Waals surface area contributed by atoms with Crippen molar-refractivity contribution in [2.45, 2.75) is 26.2 Å². The van der Waals surface area contributed by atoms with Crippen molar-refractivity contribution in [3.63, 3.8) is 0 Å². The highest BCUT2D eigenvalue weighted by molar-refractivity contribution is 9.09. The molecule has 0 saturated heterocycles. The second kappa shape index (κ2) is 8.95. The van der Waals surface area contributed by atoms with Crippen LogP contribution in [0.2, 0.25) is 0 Å². The van der Waals surface area contributed by atoms with Gasteiger partial charge in [0.05, 0.1) is 7.11 Å². The molecule has 0 radical (unpaired) electrons. The maximum absolute atomic E-state index is 13.8. The van der Waals surface area contributed by atoms with E-state index >= 15 is 0 Å². The quantitative estimate of drug-likeness (QED) is 0.728. The van der Waals surface area contributed by atoms with E-state index in [2.05, 4.69) is 28.2 Å². The average Bonchev–Trinajstić information content (AvgIpc) is 2.44. The molecule has 1 unspecified atom stereocenters. The maximum Gasteiger partial charge on any atom is 0.258 e. The van der Waals surface area contributed by atoms with E-state index in [1.165, 1.54) is 19.2 Å². The predicted molar refractivity (Wildman–Crippen MR) is 82.1 cm³/mol. The molecule has 1 atom stereocenters. The Bertz CT molecular complexity index is 434. The normalized spacial score (nSPS) is 12.0. The number of rotatable bonds is 8. The van der Waals surface area contributed by atoms with Crippen LogP contribution in [0.5, 0.6) is 5.75 Å². The number of alkyl halides is 1. The van der Waals surface area contributed by atoms with Crippen LogP contribution in [-0.4, -0.2) is 24.9 Å². The summed E-state index contributed by atoms with van der Waals surface area (Å²) >= 11 is 3.41. The lowest BCUT2D eigenvalue weighted by Gasteiger charge is -2.16. The first kappa shape index (κ1) is 17.0. The van der Waals surface area contributed by atoms with Crippen LogP contribution in [0.3, 0.4) is 0 Å². The molecule has 5 heteroatoms. The number of hydrogen-bond acceptors (Lipinski definition) is 2. The summed E-state index contributed by atoms with van der Waals surface area (Å²) in [6.07, 6.45) is 3.10. The van der Waals surface area contributed by atoms with Crippen molar-refractivity contribution < 1.29 is 13.9 Å². The lowest BCUT2D eigenvalue weighted by atomic mass is 10.0. The van der Waals surface area contributed by atoms with Crippen molar-refractivity contribution in [1.82, 2.24) is 5.32 Å². The van der Waals surface area contributed by atoms with E-state index < -0.39 is 11.7 Å². The number of carbonyl (C=O) groups is 1. The fourth-order valence-electron chi connectivity index (χ4n) is 2.13. The molecule has 112 valence electrons. The third kappa shape index (κ3) is 4.78. The van der Waals surface area contributed by atoms with Gasteiger partial charge in [-0.1, -0.05) is 35.3 Å². The number of carbonyl (C=O) groups excluding carboxylic acids is 1. The van der Waals surface area contributed by atoms with Crippen LogP contribution < -0.4 is 10.1 Å². The standard InChI is InChI=1S/C15H21BrFNO2/c1-3-5-11(8-9-16)10-18-15(19)14-12(17)6-4-7-13(14)20-2/h4,6-7,11H,3,5,8-10H2,1-2H3,(H,18,19). The highest BCUT2D eigenvalue weighted by atomic mass is 79.9. The van der Waals surface area contributed by atoms with Gasteiger partial charge in [0.15, 0.2) is 0 Å². The topological polar surface area (TPSA) is 38.3 Å². The summed E-state index contributed by atoms with van der Waals surface area (Å²) in [5.74, 6) is -0.318. The summed E-state index contributed by atoms with van der Waals surface area (Å²) in [5.41, 5.74) is -0.0240. The van der Waals surface area contributed by atoms with Gasteiger partial charge in [0.1, 0.15) is 17.1 Å². The molecule has 0 heterocycles. The van der Waals surface area contributed by atoms with Gasteiger partial charge >= 0.3 is 0 Å². The molecule has 1 rings (SSSR count). The van der Waals surface area contributed by atoms with Crippen molar-refractivity contribution in [2.24, 2.45) is 5.92 Å². The second-order valence-corrected chi connectivity index (χ2v) is 5.45. The van der Waals surface area contributed by atoms with Crippen molar-refractivity contribution >= 4 is 21.8 Å². The van der Waals surface area contributed by atoms with Gasteiger partial charge < -0.3 is 10.1 Å². The molecule has 3 nitrogen and oxygen atoms in total. The maximum atomic E-state index is 13.8. The van der Waals surface area contributed by atoms with Crippen molar-refractivity contribution in [2.75, 3.05) is 19.0 Å². The first-order valence-electron chi connectivity index (χ1n) is 6.80. The Morgan fingerprint density at radius 1 is 1.45 bits per heavy atom. The Kier molecular flexibility index (Phi) is 7.59. The van der Waals surface area contributed by atoms with Gasteiger partial charge in [0.2, 0.25) is 0 Å². The van der Waals surface area contributed by atoms with Crippen LogP contribution in [0.1, 0.15) is 36.5 Å². The van der Waals surface area contributed by atoms with Crippen LogP contribution in [0.25, 0.3) is 0 Å². The summed E-state index contributed by atoms with van der Waals surface area (Å²) < 4.78 is 18.8. The zero-order chi connectivity index (χ0) is 15.0. The molecule has 0 spiro atoms. The third-order valence-corrected chi connectivity index (χ3v) is 3.65. The Balaban J connectivity index is 2.71. The molecule has 1 aromatic rings. The SMILES string of the molecule is CCCC(CCBr)CNC(=O)c1c(F)cccc1OC. The molecule has 0 bridgehead atoms. The van der Waals surface area contributed by atoms with E-state index in [0.29, 0.717) is 12.5 Å². The fourth-order valence-corrected chi connectivity index (χ4v) is 2.78. The molecule has 0 aliphatic carbocycles. The number of nitrogens with one attached hydrogen (secondary N) is 1. The van der Waals surface area contributed by atoms with Crippen molar-refractivity contribution in [1.29, 1.82) is 0 Å². The summed E-state index contributed by atoms with van der Waals surface area (Å²) in [5, 5.41) is 3.70.